The summed E-state index contributed by atoms with van der Waals surface area (Å²) in [5, 5.41) is 3.91. The molecule has 0 saturated heterocycles. The molecule has 0 fully saturated rings. The number of benzene rings is 2. The van der Waals surface area contributed by atoms with Crippen molar-refractivity contribution in [3.8, 4) is 11.6 Å². The van der Waals surface area contributed by atoms with Crippen LogP contribution in [0.1, 0.15) is 10.4 Å². The van der Waals surface area contributed by atoms with Crippen LogP contribution in [0.15, 0.2) is 66.9 Å². The first-order chi connectivity index (χ1) is 11.6. The Morgan fingerprint density at radius 2 is 1.75 bits per heavy atom. The lowest BCUT2D eigenvalue weighted by Crippen LogP contribution is -2.13. The Hall–Kier alpha value is -2.56. The summed E-state index contributed by atoms with van der Waals surface area (Å²) in [5.74, 6) is 0.371. The summed E-state index contributed by atoms with van der Waals surface area (Å²) in [6, 6.07) is 17.0. The van der Waals surface area contributed by atoms with Crippen molar-refractivity contribution < 1.29 is 9.53 Å². The number of halogens is 2. The Kier molecular flexibility index (Phi) is 4.99. The highest BCUT2D eigenvalue weighted by Gasteiger charge is 2.14. The van der Waals surface area contributed by atoms with Gasteiger partial charge in [-0.15, -0.1) is 0 Å². The van der Waals surface area contributed by atoms with Crippen LogP contribution in [-0.4, -0.2) is 10.9 Å². The van der Waals surface area contributed by atoms with E-state index in [9.17, 15) is 4.79 Å². The van der Waals surface area contributed by atoms with E-state index >= 15 is 0 Å². The van der Waals surface area contributed by atoms with Gasteiger partial charge in [-0.05, 0) is 54.6 Å². The lowest BCUT2D eigenvalue weighted by atomic mass is 10.2. The molecule has 24 heavy (non-hydrogen) atoms. The fourth-order valence-electron chi connectivity index (χ4n) is 2.02. The second-order valence-corrected chi connectivity index (χ2v) is 5.75. The number of ether oxygens (including phenoxy) is 1. The molecule has 3 rings (SSSR count). The van der Waals surface area contributed by atoms with E-state index in [1.807, 2.05) is 0 Å². The molecule has 0 spiro atoms. The number of nitrogens with one attached hydrogen (secondary N) is 1. The Labute approximate surface area is 149 Å². The topological polar surface area (TPSA) is 51.2 Å². The van der Waals surface area contributed by atoms with Crippen LogP contribution in [0.25, 0.3) is 0 Å². The van der Waals surface area contributed by atoms with Gasteiger partial charge in [0.15, 0.2) is 0 Å². The molecular weight excluding hydrogens is 347 g/mol. The van der Waals surface area contributed by atoms with Crippen molar-refractivity contribution in [2.75, 3.05) is 5.32 Å². The van der Waals surface area contributed by atoms with Crippen molar-refractivity contribution in [1.82, 2.24) is 4.98 Å². The third kappa shape index (κ3) is 4.04. The number of aromatic nitrogens is 1. The summed E-state index contributed by atoms with van der Waals surface area (Å²) in [4.78, 5) is 16.6. The lowest BCUT2D eigenvalue weighted by Gasteiger charge is -2.10. The van der Waals surface area contributed by atoms with Crippen molar-refractivity contribution in [3.05, 3.63) is 82.5 Å². The van der Waals surface area contributed by atoms with Crippen LogP contribution in [0.5, 0.6) is 11.6 Å². The molecule has 2 aromatic carbocycles. The molecule has 0 atom stereocenters. The minimum absolute atomic E-state index is 0.200. The van der Waals surface area contributed by atoms with Gasteiger partial charge in [-0.3, -0.25) is 4.79 Å². The highest BCUT2D eigenvalue weighted by atomic mass is 35.5. The zero-order valence-electron chi connectivity index (χ0n) is 12.4. The Morgan fingerprint density at radius 3 is 2.50 bits per heavy atom. The molecule has 1 N–H and O–H groups in total. The van der Waals surface area contributed by atoms with Gasteiger partial charge in [0.2, 0.25) is 5.88 Å². The second-order valence-electron chi connectivity index (χ2n) is 4.88. The van der Waals surface area contributed by atoms with Gasteiger partial charge in [-0.1, -0.05) is 29.3 Å². The maximum absolute atomic E-state index is 12.5. The fourth-order valence-corrected chi connectivity index (χ4v) is 2.32. The normalized spacial score (nSPS) is 10.2. The Bertz CT molecular complexity index is 867. The van der Waals surface area contributed by atoms with Crippen molar-refractivity contribution in [2.24, 2.45) is 0 Å². The van der Waals surface area contributed by atoms with E-state index in [1.165, 1.54) is 0 Å². The predicted molar refractivity (Wildman–Crippen MR) is 95.2 cm³/mol. The molecule has 3 aromatic rings. The van der Waals surface area contributed by atoms with E-state index in [-0.39, 0.29) is 11.8 Å². The van der Waals surface area contributed by atoms with E-state index in [1.54, 1.807) is 66.9 Å². The summed E-state index contributed by atoms with van der Waals surface area (Å²) >= 11 is 11.8. The van der Waals surface area contributed by atoms with E-state index < -0.39 is 0 Å². The predicted octanol–water partition coefficient (Wildman–Crippen LogP) is 5.43. The van der Waals surface area contributed by atoms with Crippen molar-refractivity contribution in [3.63, 3.8) is 0 Å². The number of hydrogen-bond donors (Lipinski definition) is 1. The standard InChI is InChI=1S/C18H12Cl2N2O2/c19-12-6-8-14(9-7-12)22-17(23)16-5-2-10-21-18(16)24-15-4-1-3-13(20)11-15/h1-11H,(H,22,23). The molecule has 6 heteroatoms. The van der Waals surface area contributed by atoms with Gasteiger partial charge in [-0.25, -0.2) is 4.98 Å². The minimum Gasteiger partial charge on any atom is -0.438 e. The second kappa shape index (κ2) is 7.34. The van der Waals surface area contributed by atoms with Gasteiger partial charge in [-0.2, -0.15) is 0 Å². The van der Waals surface area contributed by atoms with Crippen LogP contribution in [0.4, 0.5) is 5.69 Å². The number of hydrogen-bond acceptors (Lipinski definition) is 3. The molecule has 0 aliphatic carbocycles. The average molecular weight is 359 g/mol. The summed E-state index contributed by atoms with van der Waals surface area (Å²) in [5.41, 5.74) is 0.939. The molecular formula is C18H12Cl2N2O2. The fraction of sp³-hybridized carbons (Fsp3) is 0. The summed E-state index contributed by atoms with van der Waals surface area (Å²) in [6.07, 6.45) is 1.55. The van der Waals surface area contributed by atoms with E-state index in [0.717, 1.165) is 0 Å². The molecule has 0 radical (unpaired) electrons. The zero-order valence-corrected chi connectivity index (χ0v) is 13.9. The SMILES string of the molecule is O=C(Nc1ccc(Cl)cc1)c1cccnc1Oc1cccc(Cl)c1. The molecule has 0 aliphatic rings. The highest BCUT2D eigenvalue weighted by Crippen LogP contribution is 2.26. The Balaban J connectivity index is 1.83. The molecule has 1 aromatic heterocycles. The number of pyridine rings is 1. The van der Waals surface area contributed by atoms with Gasteiger partial charge >= 0.3 is 0 Å². The molecule has 0 aliphatic heterocycles. The lowest BCUT2D eigenvalue weighted by molar-refractivity contribution is 0.102. The van der Waals surface area contributed by atoms with Crippen molar-refractivity contribution in [2.45, 2.75) is 0 Å². The number of carbonyl (C=O) groups excluding carboxylic acids is 1. The van der Waals surface area contributed by atoms with E-state index in [0.29, 0.717) is 27.0 Å². The monoisotopic (exact) mass is 358 g/mol. The molecule has 1 heterocycles. The zero-order chi connectivity index (χ0) is 16.9. The Morgan fingerprint density at radius 1 is 0.958 bits per heavy atom. The molecule has 1 amide bonds. The first-order valence-corrected chi connectivity index (χ1v) is 7.83. The average Bonchev–Trinajstić information content (AvgIpc) is 2.57. The van der Waals surface area contributed by atoms with Crippen LogP contribution in [0, 0.1) is 0 Å². The number of amides is 1. The molecule has 120 valence electrons. The largest absolute Gasteiger partial charge is 0.438 e. The summed E-state index contributed by atoms with van der Waals surface area (Å²) < 4.78 is 5.69. The van der Waals surface area contributed by atoms with Gasteiger partial charge in [0, 0.05) is 21.9 Å². The molecule has 0 bridgehead atoms. The van der Waals surface area contributed by atoms with Crippen molar-refractivity contribution in [1.29, 1.82) is 0 Å². The number of nitrogens with zero attached hydrogens (tertiary/aromatic N) is 1. The third-order valence-corrected chi connectivity index (χ3v) is 3.62. The summed E-state index contributed by atoms with van der Waals surface area (Å²) in [7, 11) is 0. The van der Waals surface area contributed by atoms with Crippen LogP contribution in [0.3, 0.4) is 0 Å². The van der Waals surface area contributed by atoms with Crippen LogP contribution < -0.4 is 10.1 Å². The smallest absolute Gasteiger partial charge is 0.261 e. The van der Waals surface area contributed by atoms with E-state index in [4.69, 9.17) is 27.9 Å². The number of carbonyl (C=O) groups is 1. The minimum atomic E-state index is -0.331. The van der Waals surface area contributed by atoms with Crippen LogP contribution >= 0.6 is 23.2 Å². The van der Waals surface area contributed by atoms with Crippen LogP contribution in [-0.2, 0) is 0 Å². The summed E-state index contributed by atoms with van der Waals surface area (Å²) in [6.45, 7) is 0. The molecule has 0 saturated carbocycles. The third-order valence-electron chi connectivity index (χ3n) is 3.13. The highest BCUT2D eigenvalue weighted by molar-refractivity contribution is 6.31. The maximum Gasteiger partial charge on any atom is 0.261 e. The van der Waals surface area contributed by atoms with Gasteiger partial charge in [0.25, 0.3) is 5.91 Å². The molecule has 0 unspecified atom stereocenters. The number of anilines is 1. The van der Waals surface area contributed by atoms with Gasteiger partial charge < -0.3 is 10.1 Å². The van der Waals surface area contributed by atoms with Crippen molar-refractivity contribution >= 4 is 34.8 Å². The quantitative estimate of drug-likeness (QED) is 0.676. The first-order valence-electron chi connectivity index (χ1n) is 7.07. The number of rotatable bonds is 4. The first kappa shape index (κ1) is 16.3. The van der Waals surface area contributed by atoms with Gasteiger partial charge in [0.05, 0.1) is 0 Å². The maximum atomic E-state index is 12.5. The van der Waals surface area contributed by atoms with Crippen LogP contribution in [0.2, 0.25) is 10.0 Å². The van der Waals surface area contributed by atoms with Gasteiger partial charge in [0.1, 0.15) is 11.3 Å². The van der Waals surface area contributed by atoms with E-state index in [2.05, 4.69) is 10.3 Å². The molecule has 4 nitrogen and oxygen atoms in total.